The van der Waals surface area contributed by atoms with Crippen LogP contribution in [0, 0.1) is 10.5 Å². The highest BCUT2D eigenvalue weighted by atomic mass is 127. The van der Waals surface area contributed by atoms with E-state index in [-0.39, 0.29) is 36.0 Å². The number of fused-ring (bicyclic) bond motifs is 1. The maximum absolute atomic E-state index is 12.5. The summed E-state index contributed by atoms with van der Waals surface area (Å²) in [5, 5.41) is 25.8. The molecule has 184 valence electrons. The lowest BCUT2D eigenvalue weighted by atomic mass is 10.1. The van der Waals surface area contributed by atoms with E-state index in [1.807, 2.05) is 61.0 Å². The number of halogens is 1. The Balaban J connectivity index is 1.48. The first-order chi connectivity index (χ1) is 17.1. The highest BCUT2D eigenvalue weighted by Gasteiger charge is 2.20. The van der Waals surface area contributed by atoms with Crippen LogP contribution < -0.4 is 10.6 Å². The minimum Gasteiger partial charge on any atom is -0.507 e. The van der Waals surface area contributed by atoms with Gasteiger partial charge in [0.15, 0.2) is 0 Å². The minimum absolute atomic E-state index is 0.0325. The molecule has 3 aromatic carbocycles. The summed E-state index contributed by atoms with van der Waals surface area (Å²) < 4.78 is 2.70. The van der Waals surface area contributed by atoms with Crippen molar-refractivity contribution in [1.29, 1.82) is 0 Å². The van der Waals surface area contributed by atoms with Gasteiger partial charge in [-0.15, -0.1) is 0 Å². The van der Waals surface area contributed by atoms with E-state index in [9.17, 15) is 24.6 Å². The van der Waals surface area contributed by atoms with Gasteiger partial charge in [-0.1, -0.05) is 29.8 Å². The molecule has 4 rings (SSSR count). The molecule has 0 aliphatic heterocycles. The second-order valence-corrected chi connectivity index (χ2v) is 9.54. The number of aryl methyl sites for hydroxylation is 2. The first kappa shape index (κ1) is 25.2. The lowest BCUT2D eigenvalue weighted by molar-refractivity contribution is -0.121. The maximum Gasteiger partial charge on any atom is 0.339 e. The summed E-state index contributed by atoms with van der Waals surface area (Å²) in [5.41, 5.74) is 4.51. The Kier molecular flexibility index (Phi) is 7.30. The Labute approximate surface area is 221 Å². The smallest absolute Gasteiger partial charge is 0.339 e. The van der Waals surface area contributed by atoms with E-state index in [0.29, 0.717) is 22.3 Å². The van der Waals surface area contributed by atoms with Gasteiger partial charge in [0.1, 0.15) is 11.3 Å². The highest BCUT2D eigenvalue weighted by Crippen LogP contribution is 2.37. The Morgan fingerprint density at radius 3 is 2.19 bits per heavy atom. The number of anilines is 2. The molecule has 4 aromatic rings. The molecule has 36 heavy (non-hydrogen) atoms. The van der Waals surface area contributed by atoms with E-state index in [4.69, 9.17) is 0 Å². The fourth-order valence-corrected chi connectivity index (χ4v) is 5.08. The SMILES string of the molecule is Cc1ccc(NC(=O)CCC(=O)Nc2cccc(-c3c(I)c4cc(C(=O)O)c(O)cc4n3C)c2)cc1. The molecule has 0 spiro atoms. The molecule has 9 heteroatoms. The third-order valence-corrected chi connectivity index (χ3v) is 6.91. The molecule has 0 radical (unpaired) electrons. The van der Waals surface area contributed by atoms with Crippen molar-refractivity contribution < 1.29 is 24.6 Å². The van der Waals surface area contributed by atoms with Crippen LogP contribution in [0.25, 0.3) is 22.2 Å². The zero-order valence-corrected chi connectivity index (χ0v) is 21.8. The molecule has 8 nitrogen and oxygen atoms in total. The van der Waals surface area contributed by atoms with Crippen molar-refractivity contribution in [2.45, 2.75) is 19.8 Å². The number of benzene rings is 3. The van der Waals surface area contributed by atoms with Gasteiger partial charge in [-0.2, -0.15) is 0 Å². The van der Waals surface area contributed by atoms with E-state index in [0.717, 1.165) is 20.4 Å². The van der Waals surface area contributed by atoms with Crippen LogP contribution in [0.1, 0.15) is 28.8 Å². The Bertz CT molecular complexity index is 1490. The van der Waals surface area contributed by atoms with E-state index in [2.05, 4.69) is 33.2 Å². The number of rotatable bonds is 7. The van der Waals surface area contributed by atoms with Gasteiger partial charge in [0.25, 0.3) is 0 Å². The molecular weight excluding hydrogens is 573 g/mol. The maximum atomic E-state index is 12.5. The molecule has 0 atom stereocenters. The second kappa shape index (κ2) is 10.4. The Morgan fingerprint density at radius 1 is 0.917 bits per heavy atom. The fraction of sp³-hybridized carbons (Fsp3) is 0.148. The van der Waals surface area contributed by atoms with Crippen LogP contribution in [0.5, 0.6) is 5.75 Å². The number of amides is 2. The molecule has 0 unspecified atom stereocenters. The number of aromatic nitrogens is 1. The summed E-state index contributed by atoms with van der Waals surface area (Å²) in [5.74, 6) is -2.02. The highest BCUT2D eigenvalue weighted by molar-refractivity contribution is 14.1. The van der Waals surface area contributed by atoms with Crippen molar-refractivity contribution in [1.82, 2.24) is 4.57 Å². The van der Waals surface area contributed by atoms with E-state index in [1.54, 1.807) is 6.07 Å². The van der Waals surface area contributed by atoms with Gasteiger partial charge in [0, 0.05) is 51.9 Å². The lowest BCUT2D eigenvalue weighted by Crippen LogP contribution is -2.17. The van der Waals surface area contributed by atoms with E-state index in [1.165, 1.54) is 12.1 Å². The van der Waals surface area contributed by atoms with Crippen LogP contribution in [0.2, 0.25) is 0 Å². The number of hydrogen-bond donors (Lipinski definition) is 4. The van der Waals surface area contributed by atoms with Crippen LogP contribution in [-0.4, -0.2) is 32.6 Å². The van der Waals surface area contributed by atoms with E-state index < -0.39 is 5.97 Å². The van der Waals surface area contributed by atoms with Gasteiger partial charge >= 0.3 is 5.97 Å². The van der Waals surface area contributed by atoms with Gasteiger partial charge in [-0.3, -0.25) is 9.59 Å². The number of nitrogens with one attached hydrogen (secondary N) is 2. The van der Waals surface area contributed by atoms with Crippen molar-refractivity contribution in [3.63, 3.8) is 0 Å². The number of carboxylic acid groups (broad SMARTS) is 1. The molecule has 0 fully saturated rings. The van der Waals surface area contributed by atoms with Crippen LogP contribution in [0.4, 0.5) is 11.4 Å². The Morgan fingerprint density at radius 2 is 1.56 bits per heavy atom. The number of aromatic carboxylic acids is 1. The lowest BCUT2D eigenvalue weighted by Gasteiger charge is -2.10. The summed E-state index contributed by atoms with van der Waals surface area (Å²) in [6, 6.07) is 17.6. The number of carboxylic acids is 1. The van der Waals surface area contributed by atoms with Gasteiger partial charge in [-0.05, 0) is 59.8 Å². The molecule has 0 saturated heterocycles. The first-order valence-corrected chi connectivity index (χ1v) is 12.2. The average Bonchev–Trinajstić information content (AvgIpc) is 3.07. The zero-order valence-electron chi connectivity index (χ0n) is 19.6. The minimum atomic E-state index is -1.20. The van der Waals surface area contributed by atoms with Crippen LogP contribution in [-0.2, 0) is 16.6 Å². The van der Waals surface area contributed by atoms with Crippen molar-refractivity contribution >= 4 is 62.7 Å². The largest absolute Gasteiger partial charge is 0.507 e. The van der Waals surface area contributed by atoms with Crippen LogP contribution in [0.15, 0.2) is 60.7 Å². The van der Waals surface area contributed by atoms with Gasteiger partial charge < -0.3 is 25.4 Å². The molecule has 0 aliphatic carbocycles. The third-order valence-electron chi connectivity index (χ3n) is 5.82. The predicted octanol–water partition coefficient (Wildman–Crippen LogP) is 5.52. The topological polar surface area (TPSA) is 121 Å². The van der Waals surface area contributed by atoms with Crippen molar-refractivity contribution in [2.75, 3.05) is 10.6 Å². The summed E-state index contributed by atoms with van der Waals surface area (Å²) in [7, 11) is 1.83. The standard InChI is InChI=1S/C27H24IN3O5/c1-15-6-8-17(9-7-15)29-23(33)10-11-24(34)30-18-5-3-4-16(12-18)26-25(28)19-13-20(27(35)36)22(32)14-21(19)31(26)2/h3-9,12-14,32H,10-11H2,1-2H3,(H,29,33)(H,30,34)(H,35,36). The summed E-state index contributed by atoms with van der Waals surface area (Å²) in [6.45, 7) is 1.96. The van der Waals surface area contributed by atoms with Crippen LogP contribution >= 0.6 is 22.6 Å². The van der Waals surface area contributed by atoms with E-state index >= 15 is 0 Å². The van der Waals surface area contributed by atoms with Crippen molar-refractivity contribution in [2.24, 2.45) is 7.05 Å². The molecule has 0 aliphatic rings. The molecule has 4 N–H and O–H groups in total. The number of carbonyl (C=O) groups excluding carboxylic acids is 2. The van der Waals surface area contributed by atoms with Crippen molar-refractivity contribution in [3.8, 4) is 17.0 Å². The summed E-state index contributed by atoms with van der Waals surface area (Å²) >= 11 is 2.16. The molecule has 0 saturated carbocycles. The fourth-order valence-electron chi connectivity index (χ4n) is 3.97. The zero-order chi connectivity index (χ0) is 26.0. The number of phenols is 1. The summed E-state index contributed by atoms with van der Waals surface area (Å²) in [6.07, 6.45) is 0.0840. The molecule has 2 amide bonds. The molecule has 0 bridgehead atoms. The number of nitrogens with zero attached hydrogens (tertiary/aromatic N) is 1. The number of aromatic hydroxyl groups is 1. The molecule has 1 aromatic heterocycles. The Hall–Kier alpha value is -3.86. The van der Waals surface area contributed by atoms with Gasteiger partial charge in [0.2, 0.25) is 11.8 Å². The number of carbonyl (C=O) groups is 3. The first-order valence-electron chi connectivity index (χ1n) is 11.1. The normalized spacial score (nSPS) is 10.9. The monoisotopic (exact) mass is 597 g/mol. The average molecular weight is 597 g/mol. The van der Waals surface area contributed by atoms with Crippen molar-refractivity contribution in [3.05, 3.63) is 75.4 Å². The summed E-state index contributed by atoms with van der Waals surface area (Å²) in [4.78, 5) is 36.1. The second-order valence-electron chi connectivity index (χ2n) is 8.46. The number of hydrogen-bond acceptors (Lipinski definition) is 4. The molecular formula is C27H24IN3O5. The predicted molar refractivity (Wildman–Crippen MR) is 147 cm³/mol. The third kappa shape index (κ3) is 5.35. The van der Waals surface area contributed by atoms with Gasteiger partial charge in [0.05, 0.1) is 11.2 Å². The van der Waals surface area contributed by atoms with Crippen LogP contribution in [0.3, 0.4) is 0 Å². The van der Waals surface area contributed by atoms with Gasteiger partial charge in [-0.25, -0.2) is 4.79 Å². The quantitative estimate of drug-likeness (QED) is 0.209. The molecule has 1 heterocycles.